The van der Waals surface area contributed by atoms with Gasteiger partial charge in [-0.15, -0.1) is 0 Å². The van der Waals surface area contributed by atoms with Gasteiger partial charge in [-0.1, -0.05) is 11.8 Å². The zero-order valence-electron chi connectivity index (χ0n) is 11.3. The van der Waals surface area contributed by atoms with Crippen LogP contribution in [0, 0.1) is 9.49 Å². The van der Waals surface area contributed by atoms with Crippen LogP contribution in [-0.2, 0) is 11.3 Å². The zero-order valence-corrected chi connectivity index (χ0v) is 15.1. The van der Waals surface area contributed by atoms with Gasteiger partial charge < -0.3 is 9.67 Å². The first-order valence-electron chi connectivity index (χ1n) is 6.71. The average molecular weight is 434 g/mol. The summed E-state index contributed by atoms with van der Waals surface area (Å²) in [5, 5.41) is 9.73. The number of fused-ring (bicyclic) bond motifs is 1. The van der Waals surface area contributed by atoms with Crippen molar-refractivity contribution in [2.75, 3.05) is 17.3 Å². The number of benzene rings is 1. The van der Waals surface area contributed by atoms with Gasteiger partial charge in [-0.3, -0.25) is 4.79 Å². The summed E-state index contributed by atoms with van der Waals surface area (Å²) in [4.78, 5) is 15.5. The maximum Gasteiger partial charge on any atom is 0.313 e. The molecule has 2 heterocycles. The van der Waals surface area contributed by atoms with E-state index in [0.29, 0.717) is 5.92 Å². The number of carbonyl (C=O) groups is 1. The van der Waals surface area contributed by atoms with E-state index in [1.54, 1.807) is 0 Å². The van der Waals surface area contributed by atoms with E-state index in [9.17, 15) is 4.79 Å². The third-order valence-electron chi connectivity index (χ3n) is 3.46. The van der Waals surface area contributed by atoms with Gasteiger partial charge in [-0.2, -0.15) is 11.8 Å². The summed E-state index contributed by atoms with van der Waals surface area (Å²) in [6, 6.07) is 6.23. The van der Waals surface area contributed by atoms with Gasteiger partial charge in [-0.05, 0) is 64.6 Å². The van der Waals surface area contributed by atoms with Crippen molar-refractivity contribution >= 4 is 63.1 Å². The molecule has 0 radical (unpaired) electrons. The van der Waals surface area contributed by atoms with Crippen LogP contribution in [0.1, 0.15) is 6.42 Å². The molecule has 1 aliphatic rings. The smallest absolute Gasteiger partial charge is 0.313 e. The first-order valence-corrected chi connectivity index (χ1v) is 9.93. The van der Waals surface area contributed by atoms with Crippen LogP contribution in [0.15, 0.2) is 23.4 Å². The molecule has 0 amide bonds. The maximum absolute atomic E-state index is 10.8. The first-order chi connectivity index (χ1) is 10.1. The van der Waals surface area contributed by atoms with E-state index in [0.717, 1.165) is 26.3 Å². The van der Waals surface area contributed by atoms with Crippen LogP contribution in [0.25, 0.3) is 11.0 Å². The highest BCUT2D eigenvalue weighted by atomic mass is 127. The Balaban J connectivity index is 1.95. The molecule has 1 unspecified atom stereocenters. The number of imidazole rings is 1. The number of carboxylic acids is 1. The van der Waals surface area contributed by atoms with E-state index in [1.165, 1.54) is 29.7 Å². The van der Waals surface area contributed by atoms with Gasteiger partial charge in [0.15, 0.2) is 5.16 Å². The monoisotopic (exact) mass is 434 g/mol. The normalized spacial score (nSPS) is 18.4. The van der Waals surface area contributed by atoms with Gasteiger partial charge in [0, 0.05) is 10.1 Å². The molecule has 1 saturated heterocycles. The van der Waals surface area contributed by atoms with Crippen LogP contribution in [0.3, 0.4) is 0 Å². The van der Waals surface area contributed by atoms with Gasteiger partial charge >= 0.3 is 5.97 Å². The summed E-state index contributed by atoms with van der Waals surface area (Å²) in [5.41, 5.74) is 2.07. The number of rotatable bonds is 5. The molecule has 3 rings (SSSR count). The van der Waals surface area contributed by atoms with Crippen molar-refractivity contribution in [2.24, 2.45) is 5.92 Å². The molecule has 1 N–H and O–H groups in total. The van der Waals surface area contributed by atoms with Crippen LogP contribution in [0.5, 0.6) is 0 Å². The van der Waals surface area contributed by atoms with Crippen molar-refractivity contribution in [3.05, 3.63) is 21.8 Å². The minimum absolute atomic E-state index is 0.0554. The standard InChI is InChI=1S/C14H15IN2O2S2/c15-10-1-2-12-11(5-10)16-14(21-8-13(18)19)17(12)6-9-3-4-20-7-9/h1-2,5,9H,3-4,6-8H2,(H,18,19). The van der Waals surface area contributed by atoms with E-state index in [2.05, 4.69) is 50.3 Å². The largest absolute Gasteiger partial charge is 0.481 e. The molecule has 21 heavy (non-hydrogen) atoms. The zero-order chi connectivity index (χ0) is 14.8. The van der Waals surface area contributed by atoms with E-state index >= 15 is 0 Å². The predicted octanol–water partition coefficient (Wildman–Crippen LogP) is 3.57. The highest BCUT2D eigenvalue weighted by molar-refractivity contribution is 14.1. The molecule has 112 valence electrons. The molecule has 0 aliphatic carbocycles. The minimum Gasteiger partial charge on any atom is -0.481 e. The second-order valence-corrected chi connectivity index (χ2v) is 8.39. The molecule has 0 saturated carbocycles. The summed E-state index contributed by atoms with van der Waals surface area (Å²) < 4.78 is 3.35. The van der Waals surface area contributed by atoms with E-state index in [4.69, 9.17) is 5.11 Å². The third-order valence-corrected chi connectivity index (χ3v) is 6.33. The fourth-order valence-corrected chi connectivity index (χ4v) is 4.97. The average Bonchev–Trinajstić information content (AvgIpc) is 3.05. The lowest BCUT2D eigenvalue weighted by Crippen LogP contribution is -2.11. The molecule has 1 fully saturated rings. The summed E-state index contributed by atoms with van der Waals surface area (Å²) >= 11 is 5.59. The van der Waals surface area contributed by atoms with Crippen molar-refractivity contribution in [1.82, 2.24) is 9.55 Å². The Morgan fingerprint density at radius 3 is 3.14 bits per heavy atom. The minimum atomic E-state index is -0.801. The highest BCUT2D eigenvalue weighted by Gasteiger charge is 2.20. The topological polar surface area (TPSA) is 55.1 Å². The Bertz CT molecular complexity index is 668. The molecule has 1 aromatic carbocycles. The third kappa shape index (κ3) is 3.68. The Labute approximate surface area is 145 Å². The second kappa shape index (κ2) is 6.78. The number of carboxylic acid groups (broad SMARTS) is 1. The molecular formula is C14H15IN2O2S2. The van der Waals surface area contributed by atoms with E-state index < -0.39 is 5.97 Å². The van der Waals surface area contributed by atoms with Crippen LogP contribution in [0.4, 0.5) is 0 Å². The summed E-state index contributed by atoms with van der Waals surface area (Å²) in [7, 11) is 0. The SMILES string of the molecule is O=C(O)CSc1nc2cc(I)ccc2n1CC1CCSC1. The van der Waals surface area contributed by atoms with Crippen molar-refractivity contribution in [2.45, 2.75) is 18.1 Å². The number of aliphatic carboxylic acids is 1. The fraction of sp³-hybridized carbons (Fsp3) is 0.429. The Kier molecular flexibility index (Phi) is 5.00. The Hall–Kier alpha value is -0.410. The fourth-order valence-electron chi connectivity index (χ4n) is 2.48. The van der Waals surface area contributed by atoms with Crippen LogP contribution in [0.2, 0.25) is 0 Å². The van der Waals surface area contributed by atoms with Gasteiger partial charge in [0.2, 0.25) is 0 Å². The van der Waals surface area contributed by atoms with Crippen molar-refractivity contribution < 1.29 is 9.90 Å². The predicted molar refractivity (Wildman–Crippen MR) is 96.2 cm³/mol. The molecule has 7 heteroatoms. The lowest BCUT2D eigenvalue weighted by Gasteiger charge is -2.13. The summed E-state index contributed by atoms with van der Waals surface area (Å²) in [6.45, 7) is 0.937. The van der Waals surface area contributed by atoms with Gasteiger partial charge in [-0.25, -0.2) is 4.98 Å². The maximum atomic E-state index is 10.8. The molecule has 4 nitrogen and oxygen atoms in total. The van der Waals surface area contributed by atoms with Gasteiger partial charge in [0.1, 0.15) is 0 Å². The van der Waals surface area contributed by atoms with Crippen LogP contribution >= 0.6 is 46.1 Å². The summed E-state index contributed by atoms with van der Waals surface area (Å²) in [5.74, 6) is 2.33. The molecule has 1 atom stereocenters. The van der Waals surface area contributed by atoms with E-state index in [-0.39, 0.29) is 5.75 Å². The second-order valence-electron chi connectivity index (χ2n) is 5.05. The molecule has 0 spiro atoms. The van der Waals surface area contributed by atoms with Gasteiger partial charge in [0.25, 0.3) is 0 Å². The number of hydrogen-bond acceptors (Lipinski definition) is 4. The van der Waals surface area contributed by atoms with E-state index in [1.807, 2.05) is 11.8 Å². The van der Waals surface area contributed by atoms with Crippen molar-refractivity contribution in [3.8, 4) is 0 Å². The number of aromatic nitrogens is 2. The van der Waals surface area contributed by atoms with Crippen molar-refractivity contribution in [1.29, 1.82) is 0 Å². The Morgan fingerprint density at radius 1 is 1.57 bits per heavy atom. The van der Waals surface area contributed by atoms with Gasteiger partial charge in [0.05, 0.1) is 16.8 Å². The molecule has 1 aromatic heterocycles. The summed E-state index contributed by atoms with van der Waals surface area (Å²) in [6.07, 6.45) is 1.23. The quantitative estimate of drug-likeness (QED) is 0.576. The number of hydrogen-bond donors (Lipinski definition) is 1. The number of halogens is 1. The van der Waals surface area contributed by atoms with Crippen molar-refractivity contribution in [3.63, 3.8) is 0 Å². The molecular weight excluding hydrogens is 419 g/mol. The lowest BCUT2D eigenvalue weighted by atomic mass is 10.1. The molecule has 1 aliphatic heterocycles. The number of thioether (sulfide) groups is 2. The Morgan fingerprint density at radius 2 is 2.43 bits per heavy atom. The van der Waals surface area contributed by atoms with Crippen LogP contribution < -0.4 is 0 Å². The lowest BCUT2D eigenvalue weighted by molar-refractivity contribution is -0.133. The van der Waals surface area contributed by atoms with Crippen LogP contribution in [-0.4, -0.2) is 37.9 Å². The number of nitrogens with zero attached hydrogens (tertiary/aromatic N) is 2. The highest BCUT2D eigenvalue weighted by Crippen LogP contribution is 2.30. The molecule has 0 bridgehead atoms. The molecule has 2 aromatic rings. The first kappa shape index (κ1) is 15.5.